The van der Waals surface area contributed by atoms with E-state index in [1.807, 2.05) is 13.8 Å². The summed E-state index contributed by atoms with van der Waals surface area (Å²) in [4.78, 5) is 11.7. The van der Waals surface area contributed by atoms with Crippen molar-refractivity contribution in [3.05, 3.63) is 11.9 Å². The first-order valence-electron chi connectivity index (χ1n) is 5.86. The number of hydrogen-bond acceptors (Lipinski definition) is 4. The summed E-state index contributed by atoms with van der Waals surface area (Å²) in [6.07, 6.45) is 1.57. The van der Waals surface area contributed by atoms with Crippen LogP contribution in [0.3, 0.4) is 0 Å². The smallest absolute Gasteiger partial charge is 0.327 e. The molecule has 6 nitrogen and oxygen atoms in total. The van der Waals surface area contributed by atoms with E-state index in [0.29, 0.717) is 5.69 Å². The van der Waals surface area contributed by atoms with E-state index < -0.39 is 21.3 Å². The summed E-state index contributed by atoms with van der Waals surface area (Å²) in [5, 5.41) is 16.9. The maximum Gasteiger partial charge on any atom is 0.327 e. The molecular weight excluding hydrogens is 250 g/mol. The molecule has 18 heavy (non-hydrogen) atoms. The molecule has 0 aliphatic heterocycles. The van der Waals surface area contributed by atoms with Gasteiger partial charge in [0.2, 0.25) is 0 Å². The van der Waals surface area contributed by atoms with Gasteiger partial charge in [0.1, 0.15) is 5.69 Å². The zero-order valence-corrected chi connectivity index (χ0v) is 13.0. The zero-order chi connectivity index (χ0) is 14.0. The van der Waals surface area contributed by atoms with Gasteiger partial charge in [0.25, 0.3) is 0 Å². The summed E-state index contributed by atoms with van der Waals surface area (Å²) in [6.45, 7) is 10.1. The predicted molar refractivity (Wildman–Crippen MR) is 70.0 cm³/mol. The Morgan fingerprint density at radius 1 is 1.44 bits per heavy atom. The van der Waals surface area contributed by atoms with Crippen molar-refractivity contribution >= 4 is 15.7 Å². The molecule has 0 fully saturated rings. The van der Waals surface area contributed by atoms with E-state index in [4.69, 9.17) is 9.53 Å². The molecule has 0 saturated heterocycles. The third-order valence-corrected chi connectivity index (χ3v) is 4.03. The molecule has 1 aromatic heterocycles. The first-order chi connectivity index (χ1) is 8.10. The molecule has 0 bridgehead atoms. The standard InChI is InChI=1S/C11H21N3O3Si/c1-10(2,3)18-17-11(4,5)8-6-12-14(13-8)7-9(15)16/h6H,7,18H2,1-5H3,(H,15,16). The first-order valence-corrected chi connectivity index (χ1v) is 7.15. The van der Waals surface area contributed by atoms with Crippen LogP contribution in [-0.4, -0.2) is 35.8 Å². The summed E-state index contributed by atoms with van der Waals surface area (Å²) in [5.74, 6) is -0.958. The highest BCUT2D eigenvalue weighted by Gasteiger charge is 2.27. The Morgan fingerprint density at radius 3 is 2.56 bits per heavy atom. The zero-order valence-electron chi connectivity index (χ0n) is 11.6. The van der Waals surface area contributed by atoms with Gasteiger partial charge in [0, 0.05) is 0 Å². The second-order valence-electron chi connectivity index (χ2n) is 6.01. The number of carboxylic acid groups (broad SMARTS) is 1. The van der Waals surface area contributed by atoms with E-state index in [1.54, 1.807) is 6.20 Å². The summed E-state index contributed by atoms with van der Waals surface area (Å²) < 4.78 is 5.97. The molecule has 0 aliphatic rings. The van der Waals surface area contributed by atoms with E-state index in [2.05, 4.69) is 31.0 Å². The Bertz CT molecular complexity index is 423. The number of carboxylic acids is 1. The molecule has 0 spiro atoms. The van der Waals surface area contributed by atoms with Crippen LogP contribution in [0.25, 0.3) is 0 Å². The predicted octanol–water partition coefficient (Wildman–Crippen LogP) is 0.917. The van der Waals surface area contributed by atoms with Crippen LogP contribution in [0.2, 0.25) is 5.04 Å². The number of rotatable bonds is 5. The van der Waals surface area contributed by atoms with Crippen molar-refractivity contribution in [2.45, 2.75) is 51.8 Å². The van der Waals surface area contributed by atoms with Crippen molar-refractivity contribution < 1.29 is 14.3 Å². The van der Waals surface area contributed by atoms with Gasteiger partial charge in [0.05, 0.1) is 11.8 Å². The molecular formula is C11H21N3O3Si. The second-order valence-corrected chi connectivity index (χ2v) is 8.71. The van der Waals surface area contributed by atoms with Gasteiger partial charge in [-0.3, -0.25) is 4.79 Å². The minimum atomic E-state index is -0.958. The minimum absolute atomic E-state index is 0.203. The molecule has 0 unspecified atom stereocenters. The number of aromatic nitrogens is 3. The van der Waals surface area contributed by atoms with E-state index >= 15 is 0 Å². The molecule has 1 N–H and O–H groups in total. The molecule has 1 heterocycles. The van der Waals surface area contributed by atoms with E-state index in [0.717, 1.165) is 0 Å². The quantitative estimate of drug-likeness (QED) is 0.806. The fourth-order valence-electron chi connectivity index (χ4n) is 1.24. The maximum absolute atomic E-state index is 10.6. The second kappa shape index (κ2) is 5.19. The summed E-state index contributed by atoms with van der Waals surface area (Å²) in [6, 6.07) is 0. The van der Waals surface area contributed by atoms with E-state index in [-0.39, 0.29) is 11.6 Å². The van der Waals surface area contributed by atoms with E-state index in [1.165, 1.54) is 4.80 Å². The maximum atomic E-state index is 10.6. The molecule has 102 valence electrons. The SMILES string of the molecule is CC(C)(C)[SiH2]OC(C)(C)c1cnn(CC(=O)O)n1. The number of nitrogens with zero attached hydrogens (tertiary/aromatic N) is 3. The molecule has 1 rings (SSSR count). The van der Waals surface area contributed by atoms with Crippen LogP contribution in [0.5, 0.6) is 0 Å². The lowest BCUT2D eigenvalue weighted by Crippen LogP contribution is -2.28. The fraction of sp³-hybridized carbons (Fsp3) is 0.727. The Kier molecular flexibility index (Phi) is 4.28. The lowest BCUT2D eigenvalue weighted by Gasteiger charge is -2.28. The van der Waals surface area contributed by atoms with Gasteiger partial charge in [-0.15, -0.1) is 0 Å². The third-order valence-electron chi connectivity index (χ3n) is 2.30. The monoisotopic (exact) mass is 271 g/mol. The van der Waals surface area contributed by atoms with Gasteiger partial charge in [0.15, 0.2) is 16.3 Å². The largest absolute Gasteiger partial charge is 0.480 e. The fourth-order valence-corrected chi connectivity index (χ4v) is 2.18. The Labute approximate surface area is 109 Å². The van der Waals surface area contributed by atoms with Crippen LogP contribution in [0.1, 0.15) is 40.3 Å². The normalized spacial score (nSPS) is 13.4. The van der Waals surface area contributed by atoms with Crippen LogP contribution >= 0.6 is 0 Å². The average Bonchev–Trinajstić information content (AvgIpc) is 2.62. The summed E-state index contributed by atoms with van der Waals surface area (Å²) >= 11 is 0. The van der Waals surface area contributed by atoms with Gasteiger partial charge in [-0.25, -0.2) is 0 Å². The highest BCUT2D eigenvalue weighted by molar-refractivity contribution is 6.31. The van der Waals surface area contributed by atoms with Crippen molar-refractivity contribution in [1.29, 1.82) is 0 Å². The topological polar surface area (TPSA) is 77.2 Å². The highest BCUT2D eigenvalue weighted by atomic mass is 28.2. The summed E-state index contributed by atoms with van der Waals surface area (Å²) in [5.41, 5.74) is 0.150. The van der Waals surface area contributed by atoms with Gasteiger partial charge >= 0.3 is 5.97 Å². The first kappa shape index (κ1) is 14.8. The number of hydrogen-bond donors (Lipinski definition) is 1. The summed E-state index contributed by atoms with van der Waals surface area (Å²) in [7, 11) is -0.704. The Morgan fingerprint density at radius 2 is 2.06 bits per heavy atom. The molecule has 0 saturated carbocycles. The lowest BCUT2D eigenvalue weighted by molar-refractivity contribution is -0.138. The highest BCUT2D eigenvalue weighted by Crippen LogP contribution is 2.27. The third kappa shape index (κ3) is 4.57. The van der Waals surface area contributed by atoms with Crippen molar-refractivity contribution in [2.75, 3.05) is 0 Å². The van der Waals surface area contributed by atoms with Crippen molar-refractivity contribution in [1.82, 2.24) is 15.0 Å². The van der Waals surface area contributed by atoms with Gasteiger partial charge in [-0.1, -0.05) is 20.8 Å². The molecule has 0 atom stereocenters. The molecule has 0 aliphatic carbocycles. The lowest BCUT2D eigenvalue weighted by atomic mass is 10.1. The van der Waals surface area contributed by atoms with Crippen LogP contribution in [0.15, 0.2) is 6.20 Å². The molecule has 0 radical (unpaired) electrons. The van der Waals surface area contributed by atoms with E-state index in [9.17, 15) is 4.79 Å². The van der Waals surface area contributed by atoms with Crippen molar-refractivity contribution in [2.24, 2.45) is 0 Å². The van der Waals surface area contributed by atoms with Crippen LogP contribution < -0.4 is 0 Å². The van der Waals surface area contributed by atoms with Gasteiger partial charge in [-0.2, -0.15) is 15.0 Å². The molecule has 0 aromatic carbocycles. The molecule has 7 heteroatoms. The van der Waals surface area contributed by atoms with Crippen LogP contribution in [0, 0.1) is 0 Å². The minimum Gasteiger partial charge on any atom is -0.480 e. The Balaban J connectivity index is 2.72. The van der Waals surface area contributed by atoms with Gasteiger partial charge < -0.3 is 9.53 Å². The van der Waals surface area contributed by atoms with Crippen LogP contribution in [0.4, 0.5) is 0 Å². The van der Waals surface area contributed by atoms with Crippen molar-refractivity contribution in [3.63, 3.8) is 0 Å². The van der Waals surface area contributed by atoms with Crippen LogP contribution in [-0.2, 0) is 21.4 Å². The number of aliphatic carboxylic acids is 1. The Hall–Kier alpha value is -1.21. The average molecular weight is 271 g/mol. The molecule has 1 aromatic rings. The van der Waals surface area contributed by atoms with Gasteiger partial charge in [-0.05, 0) is 18.9 Å². The van der Waals surface area contributed by atoms with Crippen molar-refractivity contribution in [3.8, 4) is 0 Å². The molecule has 0 amide bonds. The number of carbonyl (C=O) groups is 1.